The Labute approximate surface area is 132 Å². The molecule has 1 aromatic carbocycles. The topological polar surface area (TPSA) is 87.0 Å². The van der Waals surface area contributed by atoms with Gasteiger partial charge in [-0.05, 0) is 18.6 Å². The summed E-state index contributed by atoms with van der Waals surface area (Å²) in [7, 11) is 0. The van der Waals surface area contributed by atoms with Gasteiger partial charge in [0.15, 0.2) is 0 Å². The van der Waals surface area contributed by atoms with E-state index in [0.717, 1.165) is 10.9 Å². The second-order valence-corrected chi connectivity index (χ2v) is 6.05. The van der Waals surface area contributed by atoms with Crippen molar-refractivity contribution in [3.05, 3.63) is 48.4 Å². The van der Waals surface area contributed by atoms with Gasteiger partial charge in [-0.3, -0.25) is 4.79 Å². The average Bonchev–Trinajstić information content (AvgIpc) is 3.27. The van der Waals surface area contributed by atoms with Crippen LogP contribution in [-0.4, -0.2) is 54.6 Å². The van der Waals surface area contributed by atoms with Gasteiger partial charge in [-0.15, -0.1) is 5.10 Å². The van der Waals surface area contributed by atoms with Gasteiger partial charge in [-0.2, -0.15) is 0 Å². The van der Waals surface area contributed by atoms with E-state index in [2.05, 4.69) is 15.3 Å². The van der Waals surface area contributed by atoms with Crippen molar-refractivity contribution in [1.82, 2.24) is 24.9 Å². The lowest BCUT2D eigenvalue weighted by Crippen LogP contribution is -2.39. The number of nitrogens with one attached hydrogen (secondary N) is 1. The first-order valence-electron chi connectivity index (χ1n) is 7.57. The largest absolute Gasteiger partial charge is 0.386 e. The molecule has 2 N–H and O–H groups in total. The summed E-state index contributed by atoms with van der Waals surface area (Å²) in [4.78, 5) is 17.6. The van der Waals surface area contributed by atoms with Crippen molar-refractivity contribution in [2.45, 2.75) is 18.6 Å². The Balaban J connectivity index is 1.55. The molecule has 1 aliphatic heterocycles. The Bertz CT molecular complexity index is 841. The molecule has 0 spiro atoms. The lowest BCUT2D eigenvalue weighted by Gasteiger charge is -2.23. The van der Waals surface area contributed by atoms with Gasteiger partial charge < -0.3 is 15.0 Å². The molecule has 1 amide bonds. The number of H-pyrrole nitrogens is 1. The lowest BCUT2D eigenvalue weighted by atomic mass is 10.0. The maximum Gasteiger partial charge on any atom is 0.256 e. The minimum atomic E-state index is -0.965. The van der Waals surface area contributed by atoms with Crippen LogP contribution in [0.5, 0.6) is 0 Å². The number of hydrogen-bond acceptors (Lipinski definition) is 4. The Morgan fingerprint density at radius 1 is 1.39 bits per heavy atom. The number of amides is 1. The highest BCUT2D eigenvalue weighted by Crippen LogP contribution is 2.26. The number of β-amino-alcohol motifs (C(OH)–C–C–N with tert-alkyl or cyclic N) is 1. The van der Waals surface area contributed by atoms with Gasteiger partial charge in [0, 0.05) is 24.3 Å². The molecule has 7 heteroatoms. The number of para-hydroxylation sites is 1. The predicted molar refractivity (Wildman–Crippen MR) is 83.8 cm³/mol. The van der Waals surface area contributed by atoms with E-state index >= 15 is 0 Å². The lowest BCUT2D eigenvalue weighted by molar-refractivity contribution is 0.0267. The van der Waals surface area contributed by atoms with Crippen LogP contribution in [0.4, 0.5) is 0 Å². The van der Waals surface area contributed by atoms with E-state index in [1.165, 1.54) is 0 Å². The van der Waals surface area contributed by atoms with Gasteiger partial charge in [0.05, 0.1) is 30.4 Å². The van der Waals surface area contributed by atoms with Crippen LogP contribution < -0.4 is 0 Å². The maximum absolute atomic E-state index is 12.8. The van der Waals surface area contributed by atoms with Crippen molar-refractivity contribution < 1.29 is 9.90 Å². The van der Waals surface area contributed by atoms with Crippen LogP contribution >= 0.6 is 0 Å². The third-order valence-corrected chi connectivity index (χ3v) is 4.37. The average molecular weight is 311 g/mol. The maximum atomic E-state index is 12.8. The fourth-order valence-corrected chi connectivity index (χ4v) is 3.21. The van der Waals surface area contributed by atoms with Gasteiger partial charge in [0.2, 0.25) is 0 Å². The Hall–Kier alpha value is -2.67. The predicted octanol–water partition coefficient (Wildman–Crippen LogP) is 1.04. The molecular weight excluding hydrogens is 294 g/mol. The van der Waals surface area contributed by atoms with Crippen molar-refractivity contribution in [2.75, 3.05) is 13.1 Å². The zero-order chi connectivity index (χ0) is 15.9. The summed E-state index contributed by atoms with van der Waals surface area (Å²) >= 11 is 0. The number of nitrogens with zero attached hydrogens (tertiary/aromatic N) is 4. The van der Waals surface area contributed by atoms with E-state index in [0.29, 0.717) is 31.6 Å². The molecule has 2 aromatic heterocycles. The van der Waals surface area contributed by atoms with E-state index in [1.807, 2.05) is 30.5 Å². The molecule has 1 atom stereocenters. The standard InChI is InChI=1S/C16H17N5O2/c22-15(13-3-1-2-12-4-6-17-14(12)13)20-8-5-16(23,10-20)11-21-9-7-18-19-21/h1-4,6-7,9,17,23H,5,8,10-11H2. The molecule has 3 heterocycles. The highest BCUT2D eigenvalue weighted by atomic mass is 16.3. The highest BCUT2D eigenvalue weighted by Gasteiger charge is 2.39. The molecule has 1 fully saturated rings. The first-order valence-corrected chi connectivity index (χ1v) is 7.57. The van der Waals surface area contributed by atoms with Crippen LogP contribution in [0.3, 0.4) is 0 Å². The number of aromatic nitrogens is 4. The molecule has 3 aromatic rings. The van der Waals surface area contributed by atoms with Gasteiger partial charge in [0.1, 0.15) is 5.60 Å². The molecule has 1 aliphatic rings. The van der Waals surface area contributed by atoms with E-state index < -0.39 is 5.60 Å². The molecular formula is C16H17N5O2. The summed E-state index contributed by atoms with van der Waals surface area (Å²) in [5.41, 5.74) is 0.509. The van der Waals surface area contributed by atoms with Gasteiger partial charge in [-0.1, -0.05) is 17.3 Å². The number of aliphatic hydroxyl groups is 1. The van der Waals surface area contributed by atoms with E-state index in [1.54, 1.807) is 22.0 Å². The summed E-state index contributed by atoms with van der Waals surface area (Å²) in [6.07, 6.45) is 5.64. The molecule has 0 saturated carbocycles. The molecule has 7 nitrogen and oxygen atoms in total. The fraction of sp³-hybridized carbons (Fsp3) is 0.312. The number of rotatable bonds is 3. The zero-order valence-electron chi connectivity index (χ0n) is 12.5. The number of hydrogen-bond donors (Lipinski definition) is 2. The minimum Gasteiger partial charge on any atom is -0.386 e. The third kappa shape index (κ3) is 2.49. The van der Waals surface area contributed by atoms with Crippen LogP contribution in [0.25, 0.3) is 10.9 Å². The monoisotopic (exact) mass is 311 g/mol. The summed E-state index contributed by atoms with van der Waals surface area (Å²) in [5.74, 6) is -0.0624. The molecule has 1 saturated heterocycles. The minimum absolute atomic E-state index is 0.0624. The normalized spacial score (nSPS) is 21.2. The quantitative estimate of drug-likeness (QED) is 0.756. The number of carbonyl (C=O) groups is 1. The number of likely N-dealkylation sites (tertiary alicyclic amines) is 1. The fourth-order valence-electron chi connectivity index (χ4n) is 3.21. The van der Waals surface area contributed by atoms with Crippen LogP contribution in [0, 0.1) is 0 Å². The Morgan fingerprint density at radius 3 is 3.13 bits per heavy atom. The van der Waals surface area contributed by atoms with Crippen LogP contribution in [0.1, 0.15) is 16.8 Å². The highest BCUT2D eigenvalue weighted by molar-refractivity contribution is 6.05. The molecule has 0 aliphatic carbocycles. The number of aromatic amines is 1. The SMILES string of the molecule is O=C(c1cccc2cc[nH]c12)N1CCC(O)(Cn2ccnn2)C1. The second-order valence-electron chi connectivity index (χ2n) is 6.05. The van der Waals surface area contributed by atoms with Crippen LogP contribution in [0.2, 0.25) is 0 Å². The molecule has 1 unspecified atom stereocenters. The molecule has 118 valence electrons. The van der Waals surface area contributed by atoms with Crippen molar-refractivity contribution in [2.24, 2.45) is 0 Å². The number of carbonyl (C=O) groups excluding carboxylic acids is 1. The smallest absolute Gasteiger partial charge is 0.256 e. The Kier molecular flexibility index (Phi) is 3.16. The van der Waals surface area contributed by atoms with E-state index in [4.69, 9.17) is 0 Å². The van der Waals surface area contributed by atoms with Crippen LogP contribution in [0.15, 0.2) is 42.9 Å². The second kappa shape index (κ2) is 5.20. The summed E-state index contributed by atoms with van der Waals surface area (Å²) in [6.45, 7) is 1.16. The number of benzene rings is 1. The van der Waals surface area contributed by atoms with Crippen molar-refractivity contribution in [1.29, 1.82) is 0 Å². The van der Waals surface area contributed by atoms with E-state index in [9.17, 15) is 9.90 Å². The van der Waals surface area contributed by atoms with Gasteiger partial charge in [0.25, 0.3) is 5.91 Å². The summed E-state index contributed by atoms with van der Waals surface area (Å²) in [5, 5.41) is 19.3. The van der Waals surface area contributed by atoms with Crippen molar-refractivity contribution in [3.8, 4) is 0 Å². The van der Waals surface area contributed by atoms with Crippen LogP contribution in [-0.2, 0) is 6.54 Å². The summed E-state index contributed by atoms with van der Waals surface area (Å²) in [6, 6.07) is 7.60. The van der Waals surface area contributed by atoms with Crippen molar-refractivity contribution in [3.63, 3.8) is 0 Å². The Morgan fingerprint density at radius 2 is 2.30 bits per heavy atom. The zero-order valence-corrected chi connectivity index (χ0v) is 12.5. The first-order chi connectivity index (χ1) is 11.1. The van der Waals surface area contributed by atoms with Gasteiger partial charge >= 0.3 is 0 Å². The number of fused-ring (bicyclic) bond motifs is 1. The first kappa shape index (κ1) is 14.0. The molecule has 23 heavy (non-hydrogen) atoms. The third-order valence-electron chi connectivity index (χ3n) is 4.37. The molecule has 0 radical (unpaired) electrons. The molecule has 0 bridgehead atoms. The molecule has 4 rings (SSSR count). The summed E-state index contributed by atoms with van der Waals surface area (Å²) < 4.78 is 1.60. The van der Waals surface area contributed by atoms with Gasteiger partial charge in [-0.25, -0.2) is 4.68 Å². The van der Waals surface area contributed by atoms with E-state index in [-0.39, 0.29) is 5.91 Å². The van der Waals surface area contributed by atoms with Crippen molar-refractivity contribution >= 4 is 16.8 Å².